The van der Waals surface area contributed by atoms with Gasteiger partial charge in [0.15, 0.2) is 0 Å². The molecule has 6 aromatic carbocycles. The van der Waals surface area contributed by atoms with Crippen molar-refractivity contribution in [3.63, 3.8) is 0 Å². The third-order valence-electron chi connectivity index (χ3n) is 8.29. The van der Waals surface area contributed by atoms with Crippen LogP contribution in [0.5, 0.6) is 0 Å². The van der Waals surface area contributed by atoms with Crippen molar-refractivity contribution in [2.24, 2.45) is 0 Å². The van der Waals surface area contributed by atoms with E-state index in [1.807, 2.05) is 12.1 Å². The normalized spacial score (nSPS) is 11.7. The second-order valence-corrected chi connectivity index (χ2v) is 10.8. The fourth-order valence-corrected chi connectivity index (χ4v) is 6.38. The first-order valence-corrected chi connectivity index (χ1v) is 14.3. The minimum atomic E-state index is 0.494. The zero-order chi connectivity index (χ0) is 28.3. The van der Waals surface area contributed by atoms with Gasteiger partial charge < -0.3 is 13.6 Å². The number of hydrogen-bond donors (Lipinski definition) is 0. The predicted octanol–water partition coefficient (Wildman–Crippen LogP) is 9.60. The van der Waals surface area contributed by atoms with Gasteiger partial charge in [0.2, 0.25) is 11.8 Å². The van der Waals surface area contributed by atoms with Gasteiger partial charge in [-0.1, -0.05) is 78.9 Å². The van der Waals surface area contributed by atoms with Gasteiger partial charge in [0.25, 0.3) is 0 Å². The summed E-state index contributed by atoms with van der Waals surface area (Å²) in [7, 11) is 0. The van der Waals surface area contributed by atoms with Crippen LogP contribution in [0.3, 0.4) is 0 Å². The van der Waals surface area contributed by atoms with E-state index in [1.165, 1.54) is 16.2 Å². The average molecular weight is 553 g/mol. The molecule has 0 saturated heterocycles. The lowest BCUT2D eigenvalue weighted by Crippen LogP contribution is -1.93. The molecule has 0 N–H and O–H groups in total. The van der Waals surface area contributed by atoms with Crippen LogP contribution in [-0.4, -0.2) is 19.3 Å². The molecule has 0 bridgehead atoms. The van der Waals surface area contributed by atoms with E-state index in [1.54, 1.807) is 0 Å². The van der Waals surface area contributed by atoms with Crippen molar-refractivity contribution in [3.8, 4) is 34.3 Å². The first kappa shape index (κ1) is 23.7. The van der Waals surface area contributed by atoms with Gasteiger partial charge >= 0.3 is 0 Å². The summed E-state index contributed by atoms with van der Waals surface area (Å²) in [5.74, 6) is 0.991. The zero-order valence-electron chi connectivity index (χ0n) is 23.1. The summed E-state index contributed by atoms with van der Waals surface area (Å²) in [4.78, 5) is 0. The maximum Gasteiger partial charge on any atom is 0.248 e. The second-order valence-electron chi connectivity index (χ2n) is 10.8. The molecule has 3 aromatic heterocycles. The smallest absolute Gasteiger partial charge is 0.248 e. The fraction of sp³-hybridized carbons (Fsp3) is 0. The van der Waals surface area contributed by atoms with E-state index in [4.69, 9.17) is 4.42 Å². The molecule has 0 atom stereocenters. The lowest BCUT2D eigenvalue weighted by atomic mass is 10.1. The Morgan fingerprint density at radius 3 is 1.49 bits per heavy atom. The van der Waals surface area contributed by atoms with Crippen molar-refractivity contribution < 1.29 is 4.42 Å². The summed E-state index contributed by atoms with van der Waals surface area (Å²) in [6, 6.07) is 50.6. The van der Waals surface area contributed by atoms with Crippen LogP contribution in [0, 0.1) is 0 Å². The minimum absolute atomic E-state index is 0.494. The number of aromatic nitrogens is 4. The molecular formula is C38H24N4O. The topological polar surface area (TPSA) is 48.8 Å². The Morgan fingerprint density at radius 2 is 0.837 bits per heavy atom. The number of hydrogen-bond acceptors (Lipinski definition) is 3. The summed E-state index contributed by atoms with van der Waals surface area (Å²) < 4.78 is 10.9. The molecule has 0 aliphatic heterocycles. The van der Waals surface area contributed by atoms with E-state index in [0.717, 1.165) is 50.0 Å². The van der Waals surface area contributed by atoms with E-state index in [9.17, 15) is 0 Å². The molecule has 43 heavy (non-hydrogen) atoms. The van der Waals surface area contributed by atoms with E-state index in [0.29, 0.717) is 11.8 Å². The van der Waals surface area contributed by atoms with Crippen LogP contribution in [0.1, 0.15) is 0 Å². The lowest BCUT2D eigenvalue weighted by Gasteiger charge is -2.07. The molecule has 9 rings (SSSR count). The third kappa shape index (κ3) is 3.65. The largest absolute Gasteiger partial charge is 0.416 e. The Labute approximate surface area is 246 Å². The summed E-state index contributed by atoms with van der Waals surface area (Å²) >= 11 is 0. The summed E-state index contributed by atoms with van der Waals surface area (Å²) in [5, 5.41) is 13.7. The SMILES string of the molecule is c1ccc(-n2c3ccccc3c3cc(-c4nnc(-c5ccc6c7ccccc7n(-c7ccccc7)c6c5)o4)ccc32)cc1. The highest BCUT2D eigenvalue weighted by molar-refractivity contribution is 6.11. The van der Waals surface area contributed by atoms with Crippen LogP contribution in [0.2, 0.25) is 0 Å². The van der Waals surface area contributed by atoms with Gasteiger partial charge in [0.1, 0.15) is 0 Å². The maximum absolute atomic E-state index is 6.34. The van der Waals surface area contributed by atoms with E-state index >= 15 is 0 Å². The number of rotatable bonds is 4. The van der Waals surface area contributed by atoms with Crippen molar-refractivity contribution in [1.82, 2.24) is 19.3 Å². The third-order valence-corrected chi connectivity index (χ3v) is 8.29. The first-order chi connectivity index (χ1) is 21.3. The molecule has 0 saturated carbocycles. The Hall–Kier alpha value is -5.94. The van der Waals surface area contributed by atoms with Crippen molar-refractivity contribution in [2.45, 2.75) is 0 Å². The molecule has 0 fully saturated rings. The maximum atomic E-state index is 6.34. The molecule has 0 aliphatic rings. The molecule has 3 heterocycles. The summed E-state index contributed by atoms with van der Waals surface area (Å²) in [6.07, 6.45) is 0. The first-order valence-electron chi connectivity index (χ1n) is 14.3. The van der Waals surface area contributed by atoms with Gasteiger partial charge in [0, 0.05) is 44.0 Å². The molecule has 5 heteroatoms. The number of para-hydroxylation sites is 4. The van der Waals surface area contributed by atoms with Crippen LogP contribution < -0.4 is 0 Å². The number of nitrogens with zero attached hydrogens (tertiary/aromatic N) is 4. The molecule has 5 nitrogen and oxygen atoms in total. The number of fused-ring (bicyclic) bond motifs is 6. The van der Waals surface area contributed by atoms with E-state index < -0.39 is 0 Å². The highest BCUT2D eigenvalue weighted by Crippen LogP contribution is 2.37. The molecule has 9 aromatic rings. The van der Waals surface area contributed by atoms with Gasteiger partial charge in [-0.3, -0.25) is 0 Å². The standard InChI is InChI=1S/C38H24N4O/c1-3-11-27(12-4-1)41-34-18-10-8-16-30(34)32-23-25(20-22-35(32)41)37-39-40-38(43-37)26-19-21-31-29-15-7-9-17-33(29)42(36(31)24-26)28-13-5-2-6-14-28/h1-24H. The highest BCUT2D eigenvalue weighted by Gasteiger charge is 2.18. The van der Waals surface area contributed by atoms with Gasteiger partial charge in [-0.2, -0.15) is 0 Å². The average Bonchev–Trinajstić information content (AvgIpc) is 3.78. The van der Waals surface area contributed by atoms with Gasteiger partial charge in [-0.15, -0.1) is 10.2 Å². The second kappa shape index (κ2) is 9.29. The molecule has 0 spiro atoms. The van der Waals surface area contributed by atoms with Crippen molar-refractivity contribution in [3.05, 3.63) is 146 Å². The lowest BCUT2D eigenvalue weighted by molar-refractivity contribution is 0.585. The van der Waals surface area contributed by atoms with Crippen molar-refractivity contribution in [1.29, 1.82) is 0 Å². The molecule has 0 aliphatic carbocycles. The molecule has 0 radical (unpaired) electrons. The zero-order valence-corrected chi connectivity index (χ0v) is 23.1. The Balaban J connectivity index is 1.17. The van der Waals surface area contributed by atoms with Crippen LogP contribution in [0.4, 0.5) is 0 Å². The molecule has 0 unspecified atom stereocenters. The number of benzene rings is 6. The summed E-state index contributed by atoms with van der Waals surface area (Å²) in [5.41, 5.74) is 8.57. The van der Waals surface area contributed by atoms with Crippen LogP contribution in [0.15, 0.2) is 150 Å². The van der Waals surface area contributed by atoms with Crippen LogP contribution >= 0.6 is 0 Å². The predicted molar refractivity (Wildman–Crippen MR) is 174 cm³/mol. The fourth-order valence-electron chi connectivity index (χ4n) is 6.38. The van der Waals surface area contributed by atoms with Gasteiger partial charge in [-0.25, -0.2) is 0 Å². The van der Waals surface area contributed by atoms with Crippen molar-refractivity contribution in [2.75, 3.05) is 0 Å². The summed E-state index contributed by atoms with van der Waals surface area (Å²) in [6.45, 7) is 0. The molecular weight excluding hydrogens is 528 g/mol. The quantitative estimate of drug-likeness (QED) is 0.218. The van der Waals surface area contributed by atoms with Crippen LogP contribution in [0.25, 0.3) is 77.9 Å². The van der Waals surface area contributed by atoms with E-state index in [-0.39, 0.29) is 0 Å². The van der Waals surface area contributed by atoms with Crippen LogP contribution in [-0.2, 0) is 0 Å². The van der Waals surface area contributed by atoms with Crippen molar-refractivity contribution >= 4 is 43.6 Å². The molecule has 0 amide bonds. The van der Waals surface area contributed by atoms with E-state index in [2.05, 4.69) is 153 Å². The van der Waals surface area contributed by atoms with Gasteiger partial charge in [-0.05, 0) is 66.7 Å². The highest BCUT2D eigenvalue weighted by atomic mass is 16.4. The Bertz CT molecular complexity index is 2450. The monoisotopic (exact) mass is 552 g/mol. The Morgan fingerprint density at radius 1 is 0.372 bits per heavy atom. The molecule has 202 valence electrons. The minimum Gasteiger partial charge on any atom is -0.416 e. The Kier molecular flexibility index (Phi) is 5.13. The van der Waals surface area contributed by atoms with Gasteiger partial charge in [0.05, 0.1) is 22.1 Å².